The quantitative estimate of drug-likeness (QED) is 0.394. The molecular formula is C28H36N2O. The highest BCUT2D eigenvalue weighted by Crippen LogP contribution is 2.35. The fraction of sp³-hybridized carbons (Fsp3) is 0.393. The van der Waals surface area contributed by atoms with Crippen LogP contribution in [0.5, 0.6) is 5.75 Å². The number of ether oxygens (including phenoxy) is 1. The molecule has 1 unspecified atom stereocenters. The van der Waals surface area contributed by atoms with Crippen LogP contribution in [-0.2, 0) is 19.4 Å². The van der Waals surface area contributed by atoms with Gasteiger partial charge in [-0.3, -0.25) is 4.98 Å². The number of hydrogen-bond donors (Lipinski definition) is 1. The lowest BCUT2D eigenvalue weighted by Gasteiger charge is -2.21. The van der Waals surface area contributed by atoms with Crippen LogP contribution in [0.3, 0.4) is 0 Å². The van der Waals surface area contributed by atoms with Crippen molar-refractivity contribution in [1.82, 2.24) is 10.3 Å². The Bertz CT molecular complexity index is 960. The van der Waals surface area contributed by atoms with Gasteiger partial charge >= 0.3 is 0 Å². The zero-order valence-electron chi connectivity index (χ0n) is 19.7. The molecule has 0 aliphatic carbocycles. The summed E-state index contributed by atoms with van der Waals surface area (Å²) in [7, 11) is 1.77. The average molecular weight is 417 g/mol. The number of nitrogens with zero attached hydrogens (tertiary/aromatic N) is 1. The van der Waals surface area contributed by atoms with E-state index in [2.05, 4.69) is 81.5 Å². The van der Waals surface area contributed by atoms with E-state index in [1.54, 1.807) is 7.11 Å². The first-order valence-electron chi connectivity index (χ1n) is 11.6. The lowest BCUT2D eigenvalue weighted by atomic mass is 9.92. The van der Waals surface area contributed by atoms with Crippen molar-refractivity contribution in [2.24, 2.45) is 0 Å². The van der Waals surface area contributed by atoms with Crippen LogP contribution in [0.4, 0.5) is 0 Å². The van der Waals surface area contributed by atoms with Crippen molar-refractivity contribution in [2.45, 2.75) is 66.0 Å². The fourth-order valence-corrected chi connectivity index (χ4v) is 4.45. The van der Waals surface area contributed by atoms with Crippen molar-refractivity contribution in [3.8, 4) is 17.0 Å². The highest BCUT2D eigenvalue weighted by Gasteiger charge is 2.19. The number of rotatable bonds is 10. The molecule has 0 saturated heterocycles. The van der Waals surface area contributed by atoms with E-state index in [1.807, 2.05) is 6.20 Å². The smallest absolute Gasteiger partial charge is 0.129 e. The van der Waals surface area contributed by atoms with Gasteiger partial charge in [-0.1, -0.05) is 75.7 Å². The Labute approximate surface area is 187 Å². The van der Waals surface area contributed by atoms with Gasteiger partial charge in [-0.25, -0.2) is 0 Å². The number of benzene rings is 2. The molecule has 1 heterocycles. The number of nitrogens with one attached hydrogen (secondary N) is 1. The molecule has 0 aliphatic heterocycles. The molecule has 1 aromatic heterocycles. The zero-order valence-corrected chi connectivity index (χ0v) is 19.7. The second kappa shape index (κ2) is 11.1. The molecule has 3 nitrogen and oxygen atoms in total. The molecule has 0 aliphatic rings. The predicted molar refractivity (Wildman–Crippen MR) is 131 cm³/mol. The van der Waals surface area contributed by atoms with Crippen molar-refractivity contribution >= 4 is 0 Å². The van der Waals surface area contributed by atoms with Gasteiger partial charge < -0.3 is 10.1 Å². The Kier molecular flexibility index (Phi) is 8.25. The normalized spacial score (nSPS) is 12.0. The number of aryl methyl sites for hydroxylation is 2. The van der Waals surface area contributed by atoms with Crippen LogP contribution < -0.4 is 10.1 Å². The molecule has 0 saturated carbocycles. The molecule has 3 rings (SSSR count). The van der Waals surface area contributed by atoms with Gasteiger partial charge in [-0.05, 0) is 42.9 Å². The molecule has 164 valence electrons. The maximum atomic E-state index is 5.90. The molecule has 1 N–H and O–H groups in total. The molecule has 0 spiro atoms. The van der Waals surface area contributed by atoms with E-state index < -0.39 is 0 Å². The van der Waals surface area contributed by atoms with Crippen molar-refractivity contribution in [3.05, 3.63) is 82.5 Å². The number of methoxy groups -OCH3 is 1. The molecule has 0 radical (unpaired) electrons. The average Bonchev–Trinajstić information content (AvgIpc) is 2.82. The van der Waals surface area contributed by atoms with Crippen LogP contribution in [0.1, 0.15) is 67.5 Å². The Morgan fingerprint density at radius 1 is 0.903 bits per heavy atom. The predicted octanol–water partition coefficient (Wildman–Crippen LogP) is 6.82. The third kappa shape index (κ3) is 5.16. The summed E-state index contributed by atoms with van der Waals surface area (Å²) in [6.45, 7) is 9.51. The maximum absolute atomic E-state index is 5.90. The van der Waals surface area contributed by atoms with E-state index >= 15 is 0 Å². The lowest BCUT2D eigenvalue weighted by Crippen LogP contribution is -2.21. The van der Waals surface area contributed by atoms with E-state index in [0.29, 0.717) is 6.04 Å². The Hall–Kier alpha value is -2.65. The van der Waals surface area contributed by atoms with E-state index in [-0.39, 0.29) is 0 Å². The fourth-order valence-electron chi connectivity index (χ4n) is 4.45. The molecule has 3 heteroatoms. The van der Waals surface area contributed by atoms with Crippen LogP contribution in [0, 0.1) is 6.92 Å². The second-order valence-corrected chi connectivity index (χ2v) is 8.08. The number of aromatic nitrogens is 1. The Morgan fingerprint density at radius 2 is 1.58 bits per heavy atom. The minimum absolute atomic E-state index is 0.323. The molecule has 2 aromatic carbocycles. The van der Waals surface area contributed by atoms with E-state index in [0.717, 1.165) is 54.8 Å². The number of pyridine rings is 1. The first-order chi connectivity index (χ1) is 15.1. The van der Waals surface area contributed by atoms with Crippen LogP contribution >= 0.6 is 0 Å². The van der Waals surface area contributed by atoms with E-state index in [1.165, 1.54) is 22.3 Å². The van der Waals surface area contributed by atoms with E-state index in [4.69, 9.17) is 9.72 Å². The summed E-state index contributed by atoms with van der Waals surface area (Å²) in [4.78, 5) is 4.95. The molecule has 0 amide bonds. The lowest BCUT2D eigenvalue weighted by molar-refractivity contribution is 0.400. The maximum Gasteiger partial charge on any atom is 0.129 e. The van der Waals surface area contributed by atoms with Gasteiger partial charge in [-0.2, -0.15) is 0 Å². The van der Waals surface area contributed by atoms with Gasteiger partial charge in [0.15, 0.2) is 0 Å². The third-order valence-electron chi connectivity index (χ3n) is 6.09. The summed E-state index contributed by atoms with van der Waals surface area (Å²) in [5.74, 6) is 0.939. The molecular weight excluding hydrogens is 380 g/mol. The molecule has 31 heavy (non-hydrogen) atoms. The van der Waals surface area contributed by atoms with Crippen molar-refractivity contribution < 1.29 is 4.74 Å². The van der Waals surface area contributed by atoms with Crippen LogP contribution in [0.2, 0.25) is 0 Å². The van der Waals surface area contributed by atoms with Crippen molar-refractivity contribution in [2.75, 3.05) is 7.11 Å². The summed E-state index contributed by atoms with van der Waals surface area (Å²) >= 11 is 0. The molecule has 0 fully saturated rings. The van der Waals surface area contributed by atoms with Gasteiger partial charge in [0.1, 0.15) is 5.75 Å². The standard InChI is InChI=1S/C28H36N2O/c1-6-13-25(23-14-10-9-11-15-23)29-18-24-19-30-27(20(4)28(24)31-5)26-21(7-2)16-12-17-22(26)8-3/h9-12,14-17,19,25,29H,6-8,13,18H2,1-5H3. The highest BCUT2D eigenvalue weighted by atomic mass is 16.5. The third-order valence-corrected chi connectivity index (χ3v) is 6.09. The van der Waals surface area contributed by atoms with Crippen LogP contribution in [-0.4, -0.2) is 12.1 Å². The Morgan fingerprint density at radius 3 is 2.16 bits per heavy atom. The summed E-state index contributed by atoms with van der Waals surface area (Å²) in [6.07, 6.45) is 6.21. The minimum Gasteiger partial charge on any atom is -0.496 e. The van der Waals surface area contributed by atoms with Gasteiger partial charge in [0.05, 0.1) is 12.8 Å². The largest absolute Gasteiger partial charge is 0.496 e. The Balaban J connectivity index is 1.94. The van der Waals surface area contributed by atoms with Crippen LogP contribution in [0.15, 0.2) is 54.7 Å². The highest BCUT2D eigenvalue weighted by molar-refractivity contribution is 5.73. The van der Waals surface area contributed by atoms with Crippen molar-refractivity contribution in [3.63, 3.8) is 0 Å². The topological polar surface area (TPSA) is 34.2 Å². The van der Waals surface area contributed by atoms with Gasteiger partial charge in [0.25, 0.3) is 0 Å². The second-order valence-electron chi connectivity index (χ2n) is 8.08. The van der Waals surface area contributed by atoms with Gasteiger partial charge in [0, 0.05) is 35.5 Å². The summed E-state index contributed by atoms with van der Waals surface area (Å²) in [5, 5.41) is 3.74. The van der Waals surface area contributed by atoms with Crippen LogP contribution in [0.25, 0.3) is 11.3 Å². The first-order valence-corrected chi connectivity index (χ1v) is 11.6. The molecule has 0 bridgehead atoms. The minimum atomic E-state index is 0.323. The summed E-state index contributed by atoms with van der Waals surface area (Å²) in [6, 6.07) is 17.6. The van der Waals surface area contributed by atoms with E-state index in [9.17, 15) is 0 Å². The SMILES string of the molecule is CCCC(NCc1cnc(-c2c(CC)cccc2CC)c(C)c1OC)c1ccccc1. The molecule has 1 atom stereocenters. The summed E-state index contributed by atoms with van der Waals surface area (Å²) < 4.78 is 5.90. The monoisotopic (exact) mass is 416 g/mol. The van der Waals surface area contributed by atoms with Gasteiger partial charge in [0.2, 0.25) is 0 Å². The zero-order chi connectivity index (χ0) is 22.2. The number of hydrogen-bond acceptors (Lipinski definition) is 3. The van der Waals surface area contributed by atoms with Gasteiger partial charge in [-0.15, -0.1) is 0 Å². The molecule has 3 aromatic rings. The first kappa shape index (κ1) is 23.0. The van der Waals surface area contributed by atoms with Crippen molar-refractivity contribution in [1.29, 1.82) is 0 Å². The summed E-state index contributed by atoms with van der Waals surface area (Å²) in [5.41, 5.74) is 8.55.